The van der Waals surface area contributed by atoms with Crippen LogP contribution in [0.5, 0.6) is 5.75 Å². The molecule has 1 aliphatic heterocycles. The molecule has 1 heterocycles. The highest BCUT2D eigenvalue weighted by Gasteiger charge is 2.28. The molecule has 0 atom stereocenters. The van der Waals surface area contributed by atoms with Gasteiger partial charge >= 0.3 is 6.09 Å². The van der Waals surface area contributed by atoms with Gasteiger partial charge < -0.3 is 19.5 Å². The zero-order chi connectivity index (χ0) is 19.3. The molecule has 0 aromatic heterocycles. The number of aliphatic hydroxyl groups is 1. The van der Waals surface area contributed by atoms with E-state index in [2.05, 4.69) is 0 Å². The maximum atomic E-state index is 14.2. The van der Waals surface area contributed by atoms with Crippen LogP contribution in [-0.4, -0.2) is 47.5 Å². The average Bonchev–Trinajstić information content (AvgIpc) is 2.55. The molecule has 7 heteroatoms. The first-order valence-corrected chi connectivity index (χ1v) is 8.98. The van der Waals surface area contributed by atoms with E-state index in [0.717, 1.165) is 0 Å². The Balaban J connectivity index is 1.94. The highest BCUT2D eigenvalue weighted by atomic mass is 35.5. The fourth-order valence-electron chi connectivity index (χ4n) is 2.60. The van der Waals surface area contributed by atoms with E-state index in [4.69, 9.17) is 26.2 Å². The summed E-state index contributed by atoms with van der Waals surface area (Å²) in [6.07, 6.45) is 3.66. The Bertz CT molecular complexity index is 664. The number of hydrogen-bond donors (Lipinski definition) is 1. The van der Waals surface area contributed by atoms with Crippen LogP contribution in [0.25, 0.3) is 6.08 Å². The van der Waals surface area contributed by atoms with E-state index >= 15 is 0 Å². The molecule has 1 amide bonds. The van der Waals surface area contributed by atoms with Gasteiger partial charge in [-0.25, -0.2) is 9.18 Å². The summed E-state index contributed by atoms with van der Waals surface area (Å²) in [6, 6.07) is 2.72. The Morgan fingerprint density at radius 1 is 1.38 bits per heavy atom. The first kappa shape index (κ1) is 20.5. The predicted octanol–water partition coefficient (Wildman–Crippen LogP) is 4.26. The number of amides is 1. The number of halogens is 2. The smallest absolute Gasteiger partial charge is 0.410 e. The lowest BCUT2D eigenvalue weighted by Gasteiger charge is -2.33. The van der Waals surface area contributed by atoms with Gasteiger partial charge in [-0.05, 0) is 32.4 Å². The van der Waals surface area contributed by atoms with Crippen molar-refractivity contribution in [3.63, 3.8) is 0 Å². The summed E-state index contributed by atoms with van der Waals surface area (Å²) >= 11 is 6.13. The molecule has 0 radical (unpaired) electrons. The molecule has 1 N–H and O–H groups in total. The van der Waals surface area contributed by atoms with Gasteiger partial charge in [0.1, 0.15) is 11.7 Å². The number of carbonyl (C=O) groups is 1. The minimum absolute atomic E-state index is 0.0897. The number of hydrogen-bond acceptors (Lipinski definition) is 4. The minimum Gasteiger partial charge on any atom is -0.487 e. The molecule has 0 bridgehead atoms. The Morgan fingerprint density at radius 2 is 2.04 bits per heavy atom. The van der Waals surface area contributed by atoms with Crippen molar-refractivity contribution in [3.8, 4) is 5.75 Å². The van der Waals surface area contributed by atoms with Crippen molar-refractivity contribution < 1.29 is 23.8 Å². The maximum Gasteiger partial charge on any atom is 0.410 e. The van der Waals surface area contributed by atoms with Crippen LogP contribution in [0.1, 0.15) is 39.2 Å². The molecule has 0 spiro atoms. The highest BCUT2D eigenvalue weighted by Crippen LogP contribution is 2.29. The SMILES string of the molecule is CC(C)(C)OC(=O)N1CCC(Oc2cc(Cl)c(/C=C/CO)cc2F)CC1. The molecular weight excluding hydrogens is 361 g/mol. The molecule has 1 aromatic rings. The molecule has 0 saturated carbocycles. The van der Waals surface area contributed by atoms with Crippen molar-refractivity contribution in [1.29, 1.82) is 0 Å². The summed E-state index contributed by atoms with van der Waals surface area (Å²) in [5.74, 6) is -0.423. The molecular formula is C19H25ClFNO4. The summed E-state index contributed by atoms with van der Waals surface area (Å²) in [4.78, 5) is 13.7. The summed E-state index contributed by atoms with van der Waals surface area (Å²) in [5.41, 5.74) is -0.0541. The summed E-state index contributed by atoms with van der Waals surface area (Å²) in [7, 11) is 0. The molecule has 26 heavy (non-hydrogen) atoms. The maximum absolute atomic E-state index is 14.2. The third-order valence-corrected chi connectivity index (χ3v) is 4.17. The summed E-state index contributed by atoms with van der Waals surface area (Å²) in [5, 5.41) is 9.14. The molecule has 5 nitrogen and oxygen atoms in total. The molecule has 0 unspecified atom stereocenters. The third-order valence-electron chi connectivity index (χ3n) is 3.84. The van der Waals surface area contributed by atoms with Crippen molar-refractivity contribution in [1.82, 2.24) is 4.90 Å². The normalized spacial score (nSPS) is 16.2. The minimum atomic E-state index is -0.531. The number of rotatable bonds is 4. The Hall–Kier alpha value is -1.79. The number of nitrogens with zero attached hydrogens (tertiary/aromatic N) is 1. The van der Waals surface area contributed by atoms with Crippen LogP contribution >= 0.6 is 11.6 Å². The van der Waals surface area contributed by atoms with Crippen LogP contribution in [0, 0.1) is 5.82 Å². The molecule has 1 aliphatic rings. The number of aliphatic hydroxyl groups excluding tert-OH is 1. The summed E-state index contributed by atoms with van der Waals surface area (Å²) < 4.78 is 25.3. The first-order chi connectivity index (χ1) is 12.2. The quantitative estimate of drug-likeness (QED) is 0.841. The fourth-order valence-corrected chi connectivity index (χ4v) is 2.82. The molecule has 1 fully saturated rings. The zero-order valence-corrected chi connectivity index (χ0v) is 16.1. The lowest BCUT2D eigenvalue weighted by atomic mass is 10.1. The number of piperidine rings is 1. The lowest BCUT2D eigenvalue weighted by molar-refractivity contribution is 0.0123. The Morgan fingerprint density at radius 3 is 2.62 bits per heavy atom. The van der Waals surface area contributed by atoms with E-state index in [1.165, 1.54) is 18.2 Å². The van der Waals surface area contributed by atoms with Gasteiger partial charge in [0.05, 0.1) is 11.6 Å². The van der Waals surface area contributed by atoms with E-state index in [1.54, 1.807) is 11.0 Å². The van der Waals surface area contributed by atoms with Crippen molar-refractivity contribution in [2.45, 2.75) is 45.3 Å². The van der Waals surface area contributed by atoms with Crippen LogP contribution < -0.4 is 4.74 Å². The van der Waals surface area contributed by atoms with Gasteiger partial charge in [-0.1, -0.05) is 23.8 Å². The molecule has 144 valence electrons. The molecule has 1 saturated heterocycles. The Kier molecular flexibility index (Phi) is 6.89. The highest BCUT2D eigenvalue weighted by molar-refractivity contribution is 6.32. The third kappa shape index (κ3) is 5.88. The zero-order valence-electron chi connectivity index (χ0n) is 15.3. The molecule has 0 aliphatic carbocycles. The van der Waals surface area contributed by atoms with E-state index < -0.39 is 11.4 Å². The van der Waals surface area contributed by atoms with Crippen molar-refractivity contribution in [2.75, 3.05) is 19.7 Å². The van der Waals surface area contributed by atoms with Crippen molar-refractivity contribution >= 4 is 23.8 Å². The second kappa shape index (κ2) is 8.73. The van der Waals surface area contributed by atoms with Gasteiger partial charge in [0.2, 0.25) is 0 Å². The molecule has 2 rings (SSSR count). The fraction of sp³-hybridized carbons (Fsp3) is 0.526. The largest absolute Gasteiger partial charge is 0.487 e. The van der Waals surface area contributed by atoms with Crippen LogP contribution in [0.2, 0.25) is 5.02 Å². The number of carbonyl (C=O) groups excluding carboxylic acids is 1. The molecule has 1 aromatic carbocycles. The van der Waals surface area contributed by atoms with Crippen LogP contribution in [0.4, 0.5) is 9.18 Å². The number of ether oxygens (including phenoxy) is 2. The standard InChI is InChI=1S/C19H25ClFNO4/c1-19(2,3)26-18(24)22-8-6-14(7-9-22)25-17-12-15(20)13(5-4-10-23)11-16(17)21/h4-5,11-12,14,23H,6-10H2,1-3H3/b5-4+. The predicted molar refractivity (Wildman–Crippen MR) is 99.0 cm³/mol. The van der Waals surface area contributed by atoms with Gasteiger partial charge in [0.25, 0.3) is 0 Å². The average molecular weight is 386 g/mol. The van der Waals surface area contributed by atoms with Crippen LogP contribution in [0.15, 0.2) is 18.2 Å². The van der Waals surface area contributed by atoms with Crippen LogP contribution in [-0.2, 0) is 4.74 Å². The van der Waals surface area contributed by atoms with Gasteiger partial charge in [-0.15, -0.1) is 0 Å². The second-order valence-electron chi connectivity index (χ2n) is 7.17. The van der Waals surface area contributed by atoms with E-state index in [0.29, 0.717) is 36.5 Å². The van der Waals surface area contributed by atoms with E-state index in [-0.39, 0.29) is 24.6 Å². The van der Waals surface area contributed by atoms with Gasteiger partial charge in [-0.3, -0.25) is 0 Å². The van der Waals surface area contributed by atoms with Crippen molar-refractivity contribution in [2.24, 2.45) is 0 Å². The number of benzene rings is 1. The van der Waals surface area contributed by atoms with Gasteiger partial charge in [0, 0.05) is 32.0 Å². The Labute approximate surface area is 158 Å². The second-order valence-corrected chi connectivity index (χ2v) is 7.58. The van der Waals surface area contributed by atoms with Gasteiger partial charge in [-0.2, -0.15) is 0 Å². The van der Waals surface area contributed by atoms with Gasteiger partial charge in [0.15, 0.2) is 11.6 Å². The van der Waals surface area contributed by atoms with E-state index in [9.17, 15) is 9.18 Å². The summed E-state index contributed by atoms with van der Waals surface area (Å²) in [6.45, 7) is 6.32. The van der Waals surface area contributed by atoms with Crippen molar-refractivity contribution in [3.05, 3.63) is 34.6 Å². The lowest BCUT2D eigenvalue weighted by Crippen LogP contribution is -2.44. The first-order valence-electron chi connectivity index (χ1n) is 8.60. The monoisotopic (exact) mass is 385 g/mol. The van der Waals surface area contributed by atoms with Crippen LogP contribution in [0.3, 0.4) is 0 Å². The number of likely N-dealkylation sites (tertiary alicyclic amines) is 1. The van der Waals surface area contributed by atoms with E-state index in [1.807, 2.05) is 20.8 Å². The topological polar surface area (TPSA) is 59.0 Å².